The Morgan fingerprint density at radius 3 is 2.23 bits per heavy atom. The Labute approximate surface area is 129 Å². The van der Waals surface area contributed by atoms with Crippen LogP contribution in [0.4, 0.5) is 5.69 Å². The third kappa shape index (κ3) is 2.80. The van der Waals surface area contributed by atoms with Crippen molar-refractivity contribution in [1.29, 1.82) is 0 Å². The lowest BCUT2D eigenvalue weighted by Crippen LogP contribution is -2.13. The van der Waals surface area contributed by atoms with E-state index in [0.717, 1.165) is 22.3 Å². The number of nitrogens with two attached hydrogens (primary N) is 2. The lowest BCUT2D eigenvalue weighted by Gasteiger charge is -2.16. The third-order valence-corrected chi connectivity index (χ3v) is 3.76. The summed E-state index contributed by atoms with van der Waals surface area (Å²) < 4.78 is 0. The fourth-order valence-corrected chi connectivity index (χ4v) is 2.57. The van der Waals surface area contributed by atoms with Gasteiger partial charge in [0.15, 0.2) is 0 Å². The molecule has 5 N–H and O–H groups in total. The molecular weight excluding hydrogens is 272 g/mol. The summed E-state index contributed by atoms with van der Waals surface area (Å²) in [6, 6.07) is 22.6. The SMILES string of the molecule is Nc1cc(-c2ccccc2)ccc1C(N)c1cccc(O)c1. The number of anilines is 1. The second kappa shape index (κ2) is 5.92. The molecule has 0 aromatic heterocycles. The van der Waals surface area contributed by atoms with Gasteiger partial charge < -0.3 is 16.6 Å². The number of rotatable bonds is 3. The average Bonchev–Trinajstić information content (AvgIpc) is 2.55. The van der Waals surface area contributed by atoms with E-state index in [9.17, 15) is 5.11 Å². The van der Waals surface area contributed by atoms with Crippen LogP contribution in [0.25, 0.3) is 11.1 Å². The second-order valence-corrected chi connectivity index (χ2v) is 5.28. The van der Waals surface area contributed by atoms with Crippen LogP contribution in [-0.2, 0) is 0 Å². The van der Waals surface area contributed by atoms with Gasteiger partial charge in [0, 0.05) is 5.69 Å². The van der Waals surface area contributed by atoms with Crippen molar-refractivity contribution in [1.82, 2.24) is 0 Å². The molecule has 3 heteroatoms. The Morgan fingerprint density at radius 1 is 0.773 bits per heavy atom. The maximum absolute atomic E-state index is 9.58. The average molecular weight is 290 g/mol. The number of benzene rings is 3. The molecule has 0 amide bonds. The molecule has 1 unspecified atom stereocenters. The summed E-state index contributed by atoms with van der Waals surface area (Å²) in [5, 5.41) is 9.58. The molecule has 3 aromatic carbocycles. The van der Waals surface area contributed by atoms with Gasteiger partial charge in [0.1, 0.15) is 5.75 Å². The van der Waals surface area contributed by atoms with Crippen molar-refractivity contribution in [2.24, 2.45) is 5.73 Å². The standard InChI is InChI=1S/C19H18N2O/c20-18-12-14(13-5-2-1-3-6-13)9-10-17(18)19(21)15-7-4-8-16(22)11-15/h1-12,19,22H,20-21H2. The van der Waals surface area contributed by atoms with Crippen LogP contribution in [0.3, 0.4) is 0 Å². The highest BCUT2D eigenvalue weighted by atomic mass is 16.3. The van der Waals surface area contributed by atoms with Crippen LogP contribution < -0.4 is 11.5 Å². The number of hydrogen-bond donors (Lipinski definition) is 3. The summed E-state index contributed by atoms with van der Waals surface area (Å²) in [6.45, 7) is 0. The molecule has 0 aliphatic rings. The first kappa shape index (κ1) is 14.2. The number of aromatic hydroxyl groups is 1. The maximum Gasteiger partial charge on any atom is 0.115 e. The first-order valence-electron chi connectivity index (χ1n) is 7.14. The zero-order chi connectivity index (χ0) is 15.5. The Hall–Kier alpha value is -2.78. The predicted octanol–water partition coefficient (Wildman–Crippen LogP) is 3.69. The summed E-state index contributed by atoms with van der Waals surface area (Å²) in [4.78, 5) is 0. The first-order valence-corrected chi connectivity index (χ1v) is 7.14. The minimum Gasteiger partial charge on any atom is -0.508 e. The number of hydrogen-bond acceptors (Lipinski definition) is 3. The van der Waals surface area contributed by atoms with Crippen LogP contribution in [0, 0.1) is 0 Å². The Morgan fingerprint density at radius 2 is 1.55 bits per heavy atom. The molecule has 3 nitrogen and oxygen atoms in total. The fraction of sp³-hybridized carbons (Fsp3) is 0.0526. The Kier molecular flexibility index (Phi) is 3.81. The monoisotopic (exact) mass is 290 g/mol. The van der Waals surface area contributed by atoms with E-state index >= 15 is 0 Å². The molecule has 22 heavy (non-hydrogen) atoms. The van der Waals surface area contributed by atoms with E-state index in [2.05, 4.69) is 0 Å². The molecule has 0 radical (unpaired) electrons. The molecule has 3 rings (SSSR count). The van der Waals surface area contributed by atoms with Gasteiger partial charge in [-0.1, -0.05) is 54.6 Å². The van der Waals surface area contributed by atoms with Gasteiger partial charge in [-0.15, -0.1) is 0 Å². The highest BCUT2D eigenvalue weighted by molar-refractivity contribution is 5.69. The minimum absolute atomic E-state index is 0.201. The quantitative estimate of drug-likeness (QED) is 0.644. The van der Waals surface area contributed by atoms with Gasteiger partial charge in [-0.25, -0.2) is 0 Å². The highest BCUT2D eigenvalue weighted by Crippen LogP contribution is 2.30. The molecule has 1 atom stereocenters. The highest BCUT2D eigenvalue weighted by Gasteiger charge is 2.13. The van der Waals surface area contributed by atoms with Gasteiger partial charge in [0.05, 0.1) is 6.04 Å². The summed E-state index contributed by atoms with van der Waals surface area (Å²) >= 11 is 0. The molecule has 3 aromatic rings. The van der Waals surface area contributed by atoms with Crippen molar-refractivity contribution in [3.05, 3.63) is 83.9 Å². The molecule has 0 heterocycles. The number of phenolic OH excluding ortho intramolecular Hbond substituents is 1. The van der Waals surface area contributed by atoms with E-state index in [1.165, 1.54) is 0 Å². The van der Waals surface area contributed by atoms with Crippen molar-refractivity contribution in [2.45, 2.75) is 6.04 Å². The summed E-state index contributed by atoms with van der Waals surface area (Å²) in [6.07, 6.45) is 0. The summed E-state index contributed by atoms with van der Waals surface area (Å²) in [7, 11) is 0. The van der Waals surface area contributed by atoms with Crippen LogP contribution in [0.5, 0.6) is 5.75 Å². The smallest absolute Gasteiger partial charge is 0.115 e. The van der Waals surface area contributed by atoms with Gasteiger partial charge in [0.2, 0.25) is 0 Å². The van der Waals surface area contributed by atoms with Crippen molar-refractivity contribution in [2.75, 3.05) is 5.73 Å². The van der Waals surface area contributed by atoms with E-state index in [1.54, 1.807) is 18.2 Å². The zero-order valence-corrected chi connectivity index (χ0v) is 12.1. The number of phenols is 1. The van der Waals surface area contributed by atoms with Crippen molar-refractivity contribution < 1.29 is 5.11 Å². The Bertz CT molecular complexity index is 784. The van der Waals surface area contributed by atoms with Crippen molar-refractivity contribution in [3.63, 3.8) is 0 Å². The predicted molar refractivity (Wildman–Crippen MR) is 90.4 cm³/mol. The molecular formula is C19H18N2O. The Balaban J connectivity index is 1.96. The van der Waals surface area contributed by atoms with Gasteiger partial charge in [0.25, 0.3) is 0 Å². The topological polar surface area (TPSA) is 72.3 Å². The van der Waals surface area contributed by atoms with Gasteiger partial charge in [-0.2, -0.15) is 0 Å². The molecule has 0 aliphatic carbocycles. The second-order valence-electron chi connectivity index (χ2n) is 5.28. The molecule has 0 saturated heterocycles. The lowest BCUT2D eigenvalue weighted by atomic mass is 9.95. The maximum atomic E-state index is 9.58. The first-order chi connectivity index (χ1) is 10.6. The van der Waals surface area contributed by atoms with Gasteiger partial charge >= 0.3 is 0 Å². The largest absolute Gasteiger partial charge is 0.508 e. The van der Waals surface area contributed by atoms with Crippen LogP contribution in [0.2, 0.25) is 0 Å². The molecule has 0 fully saturated rings. The third-order valence-electron chi connectivity index (χ3n) is 3.76. The van der Waals surface area contributed by atoms with Crippen LogP contribution in [0.15, 0.2) is 72.8 Å². The van der Waals surface area contributed by atoms with E-state index in [4.69, 9.17) is 11.5 Å². The van der Waals surface area contributed by atoms with E-state index in [1.807, 2.05) is 54.6 Å². The molecule has 0 saturated carbocycles. The summed E-state index contributed by atoms with van der Waals surface area (Å²) in [5.74, 6) is 0.201. The molecule has 110 valence electrons. The van der Waals surface area contributed by atoms with E-state index < -0.39 is 0 Å². The lowest BCUT2D eigenvalue weighted by molar-refractivity contribution is 0.474. The van der Waals surface area contributed by atoms with Gasteiger partial charge in [-0.05, 0) is 40.5 Å². The van der Waals surface area contributed by atoms with Crippen molar-refractivity contribution >= 4 is 5.69 Å². The molecule has 0 bridgehead atoms. The van der Waals surface area contributed by atoms with Crippen molar-refractivity contribution in [3.8, 4) is 16.9 Å². The normalized spacial score (nSPS) is 12.0. The fourth-order valence-electron chi connectivity index (χ4n) is 2.57. The van der Waals surface area contributed by atoms with Crippen LogP contribution in [0.1, 0.15) is 17.2 Å². The van der Waals surface area contributed by atoms with E-state index in [0.29, 0.717) is 5.69 Å². The molecule has 0 aliphatic heterocycles. The summed E-state index contributed by atoms with van der Waals surface area (Å²) in [5.41, 5.74) is 17.0. The van der Waals surface area contributed by atoms with Crippen LogP contribution >= 0.6 is 0 Å². The zero-order valence-electron chi connectivity index (χ0n) is 12.1. The molecule has 0 spiro atoms. The van der Waals surface area contributed by atoms with Crippen LogP contribution in [-0.4, -0.2) is 5.11 Å². The van der Waals surface area contributed by atoms with E-state index in [-0.39, 0.29) is 11.8 Å². The van der Waals surface area contributed by atoms with Gasteiger partial charge in [-0.3, -0.25) is 0 Å². The minimum atomic E-state index is -0.364. The number of nitrogen functional groups attached to an aromatic ring is 1.